The minimum atomic E-state index is -1.02. The first-order valence-electron chi connectivity index (χ1n) is 8.98. The standard InChI is InChI=1S/C18H21N5O5/c1-3-4-9-18(2)16(26)22(17(27)19-18)10-14(24)28-11-23-15(25)12-7-5-6-8-13(12)20-21-23/h5-8H,3-4,9-11H2,1-2H3,(H,19,27)/t18-/m0/s1. The molecule has 0 saturated carbocycles. The van der Waals surface area contributed by atoms with Gasteiger partial charge in [-0.1, -0.05) is 37.1 Å². The summed E-state index contributed by atoms with van der Waals surface area (Å²) in [6, 6.07) is 6.02. The van der Waals surface area contributed by atoms with E-state index in [0.29, 0.717) is 17.3 Å². The summed E-state index contributed by atoms with van der Waals surface area (Å²) in [4.78, 5) is 49.8. The van der Waals surface area contributed by atoms with Crippen molar-refractivity contribution in [3.63, 3.8) is 0 Å². The quantitative estimate of drug-likeness (QED) is 0.550. The van der Waals surface area contributed by atoms with E-state index in [9.17, 15) is 19.2 Å². The SMILES string of the molecule is CCCC[C@]1(C)NC(=O)N(CC(=O)OCn2nnc3ccccc3c2=O)C1=O. The second-order valence-electron chi connectivity index (χ2n) is 6.81. The second kappa shape index (κ2) is 7.75. The van der Waals surface area contributed by atoms with Gasteiger partial charge < -0.3 is 10.1 Å². The average Bonchev–Trinajstić information content (AvgIpc) is 2.89. The molecule has 2 heterocycles. The van der Waals surface area contributed by atoms with Crippen LogP contribution in [0.15, 0.2) is 29.1 Å². The van der Waals surface area contributed by atoms with Crippen LogP contribution in [0.1, 0.15) is 33.1 Å². The molecule has 148 valence electrons. The first-order chi connectivity index (χ1) is 13.4. The predicted octanol–water partition coefficient (Wildman–Crippen LogP) is 0.793. The number of urea groups is 1. The second-order valence-corrected chi connectivity index (χ2v) is 6.81. The van der Waals surface area contributed by atoms with Crippen LogP contribution in [0.4, 0.5) is 4.79 Å². The number of rotatable bonds is 7. The topological polar surface area (TPSA) is 123 Å². The third kappa shape index (κ3) is 3.71. The summed E-state index contributed by atoms with van der Waals surface area (Å²) in [6.07, 6.45) is 2.13. The van der Waals surface area contributed by atoms with Crippen LogP contribution < -0.4 is 10.9 Å². The van der Waals surface area contributed by atoms with Crippen LogP contribution in [-0.2, 0) is 21.1 Å². The van der Waals surface area contributed by atoms with Gasteiger partial charge in [-0.05, 0) is 25.5 Å². The van der Waals surface area contributed by atoms with Gasteiger partial charge in [-0.3, -0.25) is 19.3 Å². The van der Waals surface area contributed by atoms with E-state index in [4.69, 9.17) is 4.74 Å². The number of hydrogen-bond acceptors (Lipinski definition) is 7. The third-order valence-electron chi connectivity index (χ3n) is 4.64. The molecule has 0 spiro atoms. The van der Waals surface area contributed by atoms with Gasteiger partial charge in [-0.15, -0.1) is 5.10 Å². The van der Waals surface area contributed by atoms with Gasteiger partial charge in [0.25, 0.3) is 11.5 Å². The Kier molecular flexibility index (Phi) is 5.39. The lowest BCUT2D eigenvalue weighted by molar-refractivity contribution is -0.151. The number of nitrogens with one attached hydrogen (secondary N) is 1. The zero-order chi connectivity index (χ0) is 20.3. The Bertz CT molecular complexity index is 988. The highest BCUT2D eigenvalue weighted by atomic mass is 16.5. The number of unbranched alkanes of at least 4 members (excludes halogenated alkanes) is 1. The van der Waals surface area contributed by atoms with Crippen LogP contribution in [0.3, 0.4) is 0 Å². The Morgan fingerprint density at radius 1 is 1.25 bits per heavy atom. The lowest BCUT2D eigenvalue weighted by Crippen LogP contribution is -2.44. The molecule has 1 aliphatic rings. The van der Waals surface area contributed by atoms with Crippen molar-refractivity contribution in [2.24, 2.45) is 0 Å². The molecule has 1 aromatic carbocycles. The number of imide groups is 1. The van der Waals surface area contributed by atoms with E-state index in [1.165, 1.54) is 0 Å². The van der Waals surface area contributed by atoms with Gasteiger partial charge in [0, 0.05) is 0 Å². The van der Waals surface area contributed by atoms with Gasteiger partial charge in [0.2, 0.25) is 0 Å². The molecule has 10 heteroatoms. The Morgan fingerprint density at radius 2 is 2.00 bits per heavy atom. The molecule has 2 aromatic rings. The fourth-order valence-corrected chi connectivity index (χ4v) is 3.01. The number of hydrogen-bond donors (Lipinski definition) is 1. The van der Waals surface area contributed by atoms with Crippen molar-refractivity contribution in [2.45, 2.75) is 45.4 Å². The number of benzene rings is 1. The monoisotopic (exact) mass is 387 g/mol. The maximum atomic E-state index is 12.5. The van der Waals surface area contributed by atoms with Crippen molar-refractivity contribution >= 4 is 28.8 Å². The molecule has 1 aromatic heterocycles. The third-order valence-corrected chi connectivity index (χ3v) is 4.64. The van der Waals surface area contributed by atoms with Gasteiger partial charge in [-0.25, -0.2) is 4.79 Å². The maximum absolute atomic E-state index is 12.5. The lowest BCUT2D eigenvalue weighted by Gasteiger charge is -2.21. The Balaban J connectivity index is 1.63. The summed E-state index contributed by atoms with van der Waals surface area (Å²) in [5, 5.41) is 10.6. The van der Waals surface area contributed by atoms with Crippen LogP contribution in [0.2, 0.25) is 0 Å². The Labute approximate surface area is 160 Å². The molecular formula is C18H21N5O5. The normalized spacial score (nSPS) is 19.1. The predicted molar refractivity (Wildman–Crippen MR) is 98.1 cm³/mol. The molecule has 0 unspecified atom stereocenters. The first kappa shape index (κ1) is 19.5. The molecule has 0 aliphatic carbocycles. The van der Waals surface area contributed by atoms with Crippen LogP contribution in [-0.4, -0.2) is 49.9 Å². The van der Waals surface area contributed by atoms with E-state index in [0.717, 1.165) is 22.4 Å². The zero-order valence-electron chi connectivity index (χ0n) is 15.7. The van der Waals surface area contributed by atoms with E-state index in [1.807, 2.05) is 6.92 Å². The highest BCUT2D eigenvalue weighted by Crippen LogP contribution is 2.23. The summed E-state index contributed by atoms with van der Waals surface area (Å²) in [5.74, 6) is -1.30. The summed E-state index contributed by atoms with van der Waals surface area (Å²) >= 11 is 0. The minimum Gasteiger partial charge on any atom is -0.441 e. The largest absolute Gasteiger partial charge is 0.441 e. The Hall–Kier alpha value is -3.30. The molecular weight excluding hydrogens is 366 g/mol. The number of ether oxygens (including phenoxy) is 1. The molecule has 3 amide bonds. The summed E-state index contributed by atoms with van der Waals surface area (Å²) in [6.45, 7) is 2.62. The number of aromatic nitrogens is 3. The van der Waals surface area contributed by atoms with Gasteiger partial charge in [0.15, 0.2) is 6.73 Å². The van der Waals surface area contributed by atoms with Crippen molar-refractivity contribution in [1.29, 1.82) is 0 Å². The Morgan fingerprint density at radius 3 is 2.75 bits per heavy atom. The number of carbonyl (C=O) groups excluding carboxylic acids is 3. The molecule has 0 bridgehead atoms. The summed E-state index contributed by atoms with van der Waals surface area (Å²) in [5.41, 5.74) is -1.05. The van der Waals surface area contributed by atoms with Gasteiger partial charge >= 0.3 is 12.0 Å². The van der Waals surface area contributed by atoms with E-state index >= 15 is 0 Å². The molecule has 28 heavy (non-hydrogen) atoms. The number of esters is 1. The van der Waals surface area contributed by atoms with Crippen LogP contribution in [0.25, 0.3) is 10.9 Å². The van der Waals surface area contributed by atoms with Crippen molar-refractivity contribution < 1.29 is 19.1 Å². The average molecular weight is 387 g/mol. The number of fused-ring (bicyclic) bond motifs is 1. The fourth-order valence-electron chi connectivity index (χ4n) is 3.01. The number of amides is 3. The van der Waals surface area contributed by atoms with Gasteiger partial charge in [-0.2, -0.15) is 4.68 Å². The van der Waals surface area contributed by atoms with E-state index in [-0.39, 0.29) is 0 Å². The molecule has 1 fully saturated rings. The fraction of sp³-hybridized carbons (Fsp3) is 0.444. The van der Waals surface area contributed by atoms with E-state index < -0.39 is 42.3 Å². The molecule has 10 nitrogen and oxygen atoms in total. The van der Waals surface area contributed by atoms with Crippen LogP contribution >= 0.6 is 0 Å². The molecule has 0 radical (unpaired) electrons. The summed E-state index contributed by atoms with van der Waals surface area (Å²) in [7, 11) is 0. The van der Waals surface area contributed by atoms with Crippen molar-refractivity contribution in [3.8, 4) is 0 Å². The van der Waals surface area contributed by atoms with Crippen molar-refractivity contribution in [3.05, 3.63) is 34.6 Å². The summed E-state index contributed by atoms with van der Waals surface area (Å²) < 4.78 is 5.91. The van der Waals surface area contributed by atoms with Crippen LogP contribution in [0.5, 0.6) is 0 Å². The highest BCUT2D eigenvalue weighted by Gasteiger charge is 2.47. The zero-order valence-corrected chi connectivity index (χ0v) is 15.7. The first-order valence-corrected chi connectivity index (χ1v) is 8.98. The molecule has 3 rings (SSSR count). The smallest absolute Gasteiger partial charge is 0.328 e. The number of nitrogens with zero attached hydrogens (tertiary/aromatic N) is 4. The van der Waals surface area contributed by atoms with Gasteiger partial charge in [0.1, 0.15) is 17.6 Å². The molecule has 1 saturated heterocycles. The van der Waals surface area contributed by atoms with E-state index in [2.05, 4.69) is 15.6 Å². The highest BCUT2D eigenvalue weighted by molar-refractivity contribution is 6.08. The lowest BCUT2D eigenvalue weighted by atomic mass is 9.95. The van der Waals surface area contributed by atoms with Crippen molar-refractivity contribution in [1.82, 2.24) is 25.2 Å². The molecule has 1 N–H and O–H groups in total. The molecule has 1 aliphatic heterocycles. The van der Waals surface area contributed by atoms with Gasteiger partial charge in [0.05, 0.1) is 5.39 Å². The maximum Gasteiger partial charge on any atom is 0.328 e. The minimum absolute atomic E-state index is 0.342. The van der Waals surface area contributed by atoms with Crippen LogP contribution in [0, 0.1) is 0 Å². The number of carbonyl (C=O) groups is 3. The van der Waals surface area contributed by atoms with Crippen molar-refractivity contribution in [2.75, 3.05) is 6.54 Å². The molecule has 1 atom stereocenters. The van der Waals surface area contributed by atoms with E-state index in [1.54, 1.807) is 31.2 Å².